The molecule has 1 amide bonds. The predicted octanol–water partition coefficient (Wildman–Crippen LogP) is 4.98. The van der Waals surface area contributed by atoms with Gasteiger partial charge in [-0.3, -0.25) is 9.36 Å². The van der Waals surface area contributed by atoms with Crippen molar-refractivity contribution in [1.82, 2.24) is 14.8 Å². The molecule has 172 valence electrons. The van der Waals surface area contributed by atoms with Crippen LogP contribution in [0.5, 0.6) is 11.5 Å². The summed E-state index contributed by atoms with van der Waals surface area (Å²) < 4.78 is 26.1. The van der Waals surface area contributed by atoms with Crippen molar-refractivity contribution in [3.63, 3.8) is 0 Å². The standard InChI is InChI=1S/C25H21FN4O3S/c1-16(24(31)27-20-11-12-21-22(13-20)33-15-32-21)34-25-29-28-23(18-7-9-19(26)10-8-18)30(25)14-17-5-3-2-4-6-17/h2-13,16H,14-15H2,1H3,(H,27,31)/t16-/m0/s1. The molecule has 1 aliphatic heterocycles. The quantitative estimate of drug-likeness (QED) is 0.379. The van der Waals surface area contributed by atoms with Gasteiger partial charge in [0, 0.05) is 17.3 Å². The van der Waals surface area contributed by atoms with Crippen molar-refractivity contribution < 1.29 is 18.7 Å². The number of carbonyl (C=O) groups excluding carboxylic acids is 1. The monoisotopic (exact) mass is 476 g/mol. The van der Waals surface area contributed by atoms with E-state index in [1.807, 2.05) is 41.8 Å². The molecular formula is C25H21FN4O3S. The van der Waals surface area contributed by atoms with Crippen molar-refractivity contribution >= 4 is 23.4 Å². The van der Waals surface area contributed by atoms with Crippen LogP contribution >= 0.6 is 11.8 Å². The highest BCUT2D eigenvalue weighted by Gasteiger charge is 2.22. The number of rotatable bonds is 7. The molecule has 4 aromatic rings. The normalized spacial score (nSPS) is 13.0. The average Bonchev–Trinajstić information content (AvgIpc) is 3.47. The first kappa shape index (κ1) is 22.0. The number of halogens is 1. The first-order valence-electron chi connectivity index (χ1n) is 10.7. The average molecular weight is 477 g/mol. The van der Waals surface area contributed by atoms with Gasteiger partial charge in [0.1, 0.15) is 5.82 Å². The van der Waals surface area contributed by atoms with Crippen molar-refractivity contribution in [2.45, 2.75) is 23.9 Å². The molecule has 0 spiro atoms. The Labute approximate surface area is 199 Å². The van der Waals surface area contributed by atoms with Crippen molar-refractivity contribution in [3.05, 3.63) is 84.2 Å². The van der Waals surface area contributed by atoms with Crippen LogP contribution in [0.4, 0.5) is 10.1 Å². The SMILES string of the molecule is C[C@H](Sc1nnc(-c2ccc(F)cc2)n1Cc1ccccc1)C(=O)Nc1ccc2c(c1)OCO2. The molecule has 0 radical (unpaired) electrons. The largest absolute Gasteiger partial charge is 0.454 e. The number of nitrogens with zero attached hydrogens (tertiary/aromatic N) is 3. The lowest BCUT2D eigenvalue weighted by Crippen LogP contribution is -2.23. The van der Waals surface area contributed by atoms with E-state index in [-0.39, 0.29) is 18.5 Å². The molecule has 7 nitrogen and oxygen atoms in total. The maximum atomic E-state index is 13.5. The van der Waals surface area contributed by atoms with Crippen molar-refractivity contribution in [1.29, 1.82) is 0 Å². The lowest BCUT2D eigenvalue weighted by Gasteiger charge is -2.14. The van der Waals surface area contributed by atoms with E-state index in [0.29, 0.717) is 34.7 Å². The summed E-state index contributed by atoms with van der Waals surface area (Å²) in [4.78, 5) is 12.9. The molecule has 2 heterocycles. The number of fused-ring (bicyclic) bond motifs is 1. The van der Waals surface area contributed by atoms with E-state index >= 15 is 0 Å². The van der Waals surface area contributed by atoms with Gasteiger partial charge < -0.3 is 14.8 Å². The summed E-state index contributed by atoms with van der Waals surface area (Å²) >= 11 is 1.31. The summed E-state index contributed by atoms with van der Waals surface area (Å²) in [5, 5.41) is 11.8. The predicted molar refractivity (Wildman–Crippen MR) is 127 cm³/mol. The zero-order valence-corrected chi connectivity index (χ0v) is 19.1. The number of thioether (sulfide) groups is 1. The fourth-order valence-corrected chi connectivity index (χ4v) is 4.38. The van der Waals surface area contributed by atoms with Crippen LogP contribution in [0.3, 0.4) is 0 Å². The van der Waals surface area contributed by atoms with Crippen molar-refractivity contribution in [3.8, 4) is 22.9 Å². The number of amides is 1. The summed E-state index contributed by atoms with van der Waals surface area (Å²) in [6, 6.07) is 21.3. The van der Waals surface area contributed by atoms with Gasteiger partial charge in [0.05, 0.1) is 11.8 Å². The molecule has 1 aliphatic rings. The number of aromatic nitrogens is 3. The van der Waals surface area contributed by atoms with Gasteiger partial charge in [0.25, 0.3) is 0 Å². The summed E-state index contributed by atoms with van der Waals surface area (Å²) in [7, 11) is 0. The molecule has 0 unspecified atom stereocenters. The summed E-state index contributed by atoms with van der Waals surface area (Å²) in [5.41, 5.74) is 2.43. The second-order valence-electron chi connectivity index (χ2n) is 7.70. The van der Waals surface area contributed by atoms with Crippen LogP contribution in [0.2, 0.25) is 0 Å². The molecule has 1 aromatic heterocycles. The van der Waals surface area contributed by atoms with Gasteiger partial charge in [-0.05, 0) is 48.9 Å². The van der Waals surface area contributed by atoms with Gasteiger partial charge in [0.2, 0.25) is 12.7 Å². The molecule has 1 N–H and O–H groups in total. The van der Waals surface area contributed by atoms with Gasteiger partial charge in [-0.1, -0.05) is 42.1 Å². The maximum absolute atomic E-state index is 13.5. The van der Waals surface area contributed by atoms with Crippen LogP contribution in [0.15, 0.2) is 78.0 Å². The van der Waals surface area contributed by atoms with E-state index in [0.717, 1.165) is 11.1 Å². The Kier molecular flexibility index (Phi) is 6.18. The van der Waals surface area contributed by atoms with Gasteiger partial charge in [-0.25, -0.2) is 4.39 Å². The fourth-order valence-electron chi connectivity index (χ4n) is 3.53. The van der Waals surface area contributed by atoms with E-state index in [1.165, 1.54) is 23.9 Å². The van der Waals surface area contributed by atoms with Crippen LogP contribution in [0.25, 0.3) is 11.4 Å². The second-order valence-corrected chi connectivity index (χ2v) is 9.01. The van der Waals surface area contributed by atoms with Crippen molar-refractivity contribution in [2.24, 2.45) is 0 Å². The molecular weight excluding hydrogens is 455 g/mol. The molecule has 0 bridgehead atoms. The Balaban J connectivity index is 1.37. The number of carbonyl (C=O) groups is 1. The zero-order valence-electron chi connectivity index (χ0n) is 18.3. The molecule has 0 aliphatic carbocycles. The fraction of sp³-hybridized carbons (Fsp3) is 0.160. The Morgan fingerprint density at radius 1 is 1.06 bits per heavy atom. The number of hydrogen-bond acceptors (Lipinski definition) is 6. The topological polar surface area (TPSA) is 78.3 Å². The first-order chi connectivity index (χ1) is 16.6. The van der Waals surface area contributed by atoms with Gasteiger partial charge >= 0.3 is 0 Å². The third kappa shape index (κ3) is 4.74. The Hall–Kier alpha value is -3.85. The highest BCUT2D eigenvalue weighted by Crippen LogP contribution is 2.35. The lowest BCUT2D eigenvalue weighted by molar-refractivity contribution is -0.115. The minimum atomic E-state index is -0.454. The summed E-state index contributed by atoms with van der Waals surface area (Å²) in [6.07, 6.45) is 0. The van der Waals surface area contributed by atoms with Gasteiger partial charge in [-0.15, -0.1) is 10.2 Å². The highest BCUT2D eigenvalue weighted by atomic mass is 32.2. The number of hydrogen-bond donors (Lipinski definition) is 1. The van der Waals surface area contributed by atoms with Crippen LogP contribution in [-0.4, -0.2) is 32.7 Å². The summed E-state index contributed by atoms with van der Waals surface area (Å²) in [5.74, 6) is 1.37. The van der Waals surface area contributed by atoms with Crippen molar-refractivity contribution in [2.75, 3.05) is 12.1 Å². The lowest BCUT2D eigenvalue weighted by atomic mass is 10.2. The molecule has 0 fully saturated rings. The third-order valence-electron chi connectivity index (χ3n) is 5.29. The molecule has 0 saturated carbocycles. The number of anilines is 1. The van der Waals surface area contributed by atoms with E-state index in [2.05, 4.69) is 15.5 Å². The van der Waals surface area contributed by atoms with Crippen LogP contribution < -0.4 is 14.8 Å². The summed E-state index contributed by atoms with van der Waals surface area (Å²) in [6.45, 7) is 2.50. The van der Waals surface area contributed by atoms with Crippen LogP contribution in [-0.2, 0) is 11.3 Å². The van der Waals surface area contributed by atoms with E-state index in [1.54, 1.807) is 30.3 Å². The van der Waals surface area contributed by atoms with E-state index < -0.39 is 5.25 Å². The minimum Gasteiger partial charge on any atom is -0.454 e. The number of nitrogens with one attached hydrogen (secondary N) is 1. The third-order valence-corrected chi connectivity index (χ3v) is 6.37. The molecule has 3 aromatic carbocycles. The van der Waals surface area contributed by atoms with Crippen LogP contribution in [0, 0.1) is 5.82 Å². The molecule has 9 heteroatoms. The Bertz CT molecular complexity index is 1310. The zero-order chi connectivity index (χ0) is 23.5. The number of benzene rings is 3. The molecule has 0 saturated heterocycles. The van der Waals surface area contributed by atoms with E-state index in [4.69, 9.17) is 9.47 Å². The smallest absolute Gasteiger partial charge is 0.237 e. The molecule has 1 atom stereocenters. The first-order valence-corrected chi connectivity index (χ1v) is 11.5. The minimum absolute atomic E-state index is 0.173. The molecule has 34 heavy (non-hydrogen) atoms. The Morgan fingerprint density at radius 3 is 2.62 bits per heavy atom. The second kappa shape index (κ2) is 9.56. The van der Waals surface area contributed by atoms with Gasteiger partial charge in [0.15, 0.2) is 22.5 Å². The molecule has 5 rings (SSSR count). The highest BCUT2D eigenvalue weighted by molar-refractivity contribution is 8.00. The van der Waals surface area contributed by atoms with Gasteiger partial charge in [-0.2, -0.15) is 0 Å². The Morgan fingerprint density at radius 2 is 1.82 bits per heavy atom. The maximum Gasteiger partial charge on any atom is 0.237 e. The van der Waals surface area contributed by atoms with Crippen LogP contribution in [0.1, 0.15) is 12.5 Å². The van der Waals surface area contributed by atoms with E-state index in [9.17, 15) is 9.18 Å². The number of ether oxygens (including phenoxy) is 2.